The van der Waals surface area contributed by atoms with E-state index in [-0.39, 0.29) is 5.91 Å². The number of aromatic nitrogens is 3. The van der Waals surface area contributed by atoms with E-state index in [1.54, 1.807) is 19.0 Å². The van der Waals surface area contributed by atoms with Gasteiger partial charge in [0.2, 0.25) is 0 Å². The second-order valence-electron chi connectivity index (χ2n) is 8.44. The van der Waals surface area contributed by atoms with Crippen molar-refractivity contribution < 1.29 is 4.79 Å². The quantitative estimate of drug-likeness (QED) is 0.356. The Balaban J connectivity index is 1.47. The van der Waals surface area contributed by atoms with Gasteiger partial charge >= 0.3 is 0 Å². The van der Waals surface area contributed by atoms with Crippen LogP contribution < -0.4 is 10.6 Å². The van der Waals surface area contributed by atoms with Crippen molar-refractivity contribution in [3.8, 4) is 0 Å². The molecule has 0 spiro atoms. The Labute approximate surface area is 191 Å². The van der Waals surface area contributed by atoms with Gasteiger partial charge in [0.05, 0.1) is 0 Å². The summed E-state index contributed by atoms with van der Waals surface area (Å²) in [5, 5.41) is 15.5. The van der Waals surface area contributed by atoms with E-state index in [2.05, 4.69) is 38.4 Å². The van der Waals surface area contributed by atoms with E-state index < -0.39 is 0 Å². The summed E-state index contributed by atoms with van der Waals surface area (Å²) < 4.78 is 2.31. The molecule has 0 bridgehead atoms. The Kier molecular flexibility index (Phi) is 9.07. The molecule has 8 nitrogen and oxygen atoms in total. The topological polar surface area (TPSA) is 87.4 Å². The molecule has 2 heterocycles. The fraction of sp³-hybridized carbons (Fsp3) is 0.583. The first-order valence-corrected chi connectivity index (χ1v) is 11.8. The molecule has 1 aromatic heterocycles. The fourth-order valence-electron chi connectivity index (χ4n) is 3.94. The zero-order valence-corrected chi connectivity index (χ0v) is 19.7. The Bertz CT molecular complexity index is 904. The maximum absolute atomic E-state index is 12.2. The summed E-state index contributed by atoms with van der Waals surface area (Å²) in [6, 6.07) is 7.82. The summed E-state index contributed by atoms with van der Waals surface area (Å²) in [6.07, 6.45) is 7.44. The lowest BCUT2D eigenvalue weighted by molar-refractivity contribution is 0.0827. The van der Waals surface area contributed by atoms with Crippen LogP contribution in [0, 0.1) is 0 Å². The van der Waals surface area contributed by atoms with Crippen LogP contribution >= 0.6 is 0 Å². The number of carbonyl (C=O) groups excluding carboxylic acids is 1. The van der Waals surface area contributed by atoms with Crippen LogP contribution in [0.25, 0.3) is 0 Å². The van der Waals surface area contributed by atoms with Crippen molar-refractivity contribution in [1.29, 1.82) is 0 Å². The van der Waals surface area contributed by atoms with Gasteiger partial charge in [-0.15, -0.1) is 10.2 Å². The Morgan fingerprint density at radius 2 is 2.03 bits per heavy atom. The van der Waals surface area contributed by atoms with Gasteiger partial charge in [-0.05, 0) is 50.3 Å². The molecule has 32 heavy (non-hydrogen) atoms. The van der Waals surface area contributed by atoms with Crippen molar-refractivity contribution in [3.05, 3.63) is 47.0 Å². The summed E-state index contributed by atoms with van der Waals surface area (Å²) in [5.41, 5.74) is 1.85. The standard InChI is InChI=1S/C24H37N7O/c1-4-25-24(27-16-14-19-10-8-11-20(18-19)23(32)30(2)3)26-15-9-13-22-29-28-21-12-6-5-7-17-31(21)22/h8,10-11,18H,4-7,9,12-17H2,1-3H3,(H2,25,26,27). The number of aryl methyl sites for hydroxylation is 2. The molecule has 174 valence electrons. The molecule has 1 amide bonds. The number of rotatable bonds is 9. The van der Waals surface area contributed by atoms with Crippen LogP contribution in [0.5, 0.6) is 0 Å². The van der Waals surface area contributed by atoms with Crippen molar-refractivity contribution >= 4 is 11.9 Å². The van der Waals surface area contributed by atoms with Crippen LogP contribution in [0.4, 0.5) is 0 Å². The van der Waals surface area contributed by atoms with E-state index in [9.17, 15) is 4.79 Å². The number of amides is 1. The summed E-state index contributed by atoms with van der Waals surface area (Å²) in [4.78, 5) is 18.5. The van der Waals surface area contributed by atoms with Gasteiger partial charge in [-0.3, -0.25) is 9.79 Å². The van der Waals surface area contributed by atoms with Gasteiger partial charge < -0.3 is 20.1 Å². The number of aliphatic imine (C=N–C) groups is 1. The predicted octanol–water partition coefficient (Wildman–Crippen LogP) is 2.44. The van der Waals surface area contributed by atoms with Crippen molar-refractivity contribution in [3.63, 3.8) is 0 Å². The number of nitrogens with zero attached hydrogens (tertiary/aromatic N) is 5. The summed E-state index contributed by atoms with van der Waals surface area (Å²) in [5.74, 6) is 3.10. The summed E-state index contributed by atoms with van der Waals surface area (Å²) in [7, 11) is 3.55. The Morgan fingerprint density at radius 1 is 1.16 bits per heavy atom. The third-order valence-electron chi connectivity index (χ3n) is 5.64. The SMILES string of the molecule is CCNC(=NCCCc1nnc2n1CCCCC2)NCCc1cccc(C(=O)N(C)C)c1. The molecular formula is C24H37N7O. The smallest absolute Gasteiger partial charge is 0.253 e. The Morgan fingerprint density at radius 3 is 2.84 bits per heavy atom. The molecule has 0 aliphatic carbocycles. The fourth-order valence-corrected chi connectivity index (χ4v) is 3.94. The highest BCUT2D eigenvalue weighted by Crippen LogP contribution is 2.15. The predicted molar refractivity (Wildman–Crippen MR) is 128 cm³/mol. The van der Waals surface area contributed by atoms with Crippen molar-refractivity contribution in [2.75, 3.05) is 33.7 Å². The Hall–Kier alpha value is -2.90. The van der Waals surface area contributed by atoms with Crippen LogP contribution in [0.1, 0.15) is 60.2 Å². The van der Waals surface area contributed by atoms with Crippen LogP contribution in [-0.4, -0.2) is 65.3 Å². The van der Waals surface area contributed by atoms with Gasteiger partial charge in [0.1, 0.15) is 11.6 Å². The van der Waals surface area contributed by atoms with E-state index in [1.165, 1.54) is 19.3 Å². The van der Waals surface area contributed by atoms with Crippen LogP contribution in [0.2, 0.25) is 0 Å². The molecule has 1 aliphatic rings. The highest BCUT2D eigenvalue weighted by atomic mass is 16.2. The number of hydrogen-bond acceptors (Lipinski definition) is 4. The average Bonchev–Trinajstić information content (AvgIpc) is 3.01. The van der Waals surface area contributed by atoms with Gasteiger partial charge in [0.25, 0.3) is 5.91 Å². The molecular weight excluding hydrogens is 402 g/mol. The highest BCUT2D eigenvalue weighted by Gasteiger charge is 2.14. The van der Waals surface area contributed by atoms with E-state index in [4.69, 9.17) is 4.99 Å². The van der Waals surface area contributed by atoms with Crippen LogP contribution in [-0.2, 0) is 25.8 Å². The van der Waals surface area contributed by atoms with Gasteiger partial charge in [-0.2, -0.15) is 0 Å². The number of nitrogens with one attached hydrogen (secondary N) is 2. The second kappa shape index (κ2) is 12.2. The van der Waals surface area contributed by atoms with Crippen molar-refractivity contribution in [2.24, 2.45) is 4.99 Å². The molecule has 1 aliphatic heterocycles. The monoisotopic (exact) mass is 439 g/mol. The van der Waals surface area contributed by atoms with Crippen molar-refractivity contribution in [2.45, 2.75) is 58.4 Å². The molecule has 3 rings (SSSR count). The molecule has 0 saturated heterocycles. The molecule has 8 heteroatoms. The second-order valence-corrected chi connectivity index (χ2v) is 8.44. The van der Waals surface area contributed by atoms with Gasteiger partial charge in [-0.1, -0.05) is 18.6 Å². The lowest BCUT2D eigenvalue weighted by atomic mass is 10.1. The molecule has 1 aromatic carbocycles. The largest absolute Gasteiger partial charge is 0.357 e. The van der Waals surface area contributed by atoms with Gasteiger partial charge in [-0.25, -0.2) is 0 Å². The maximum atomic E-state index is 12.2. The van der Waals surface area contributed by atoms with E-state index >= 15 is 0 Å². The number of benzene rings is 1. The first-order chi connectivity index (χ1) is 15.6. The van der Waals surface area contributed by atoms with Crippen LogP contribution in [0.3, 0.4) is 0 Å². The third-order valence-corrected chi connectivity index (χ3v) is 5.64. The third kappa shape index (κ3) is 6.80. The minimum Gasteiger partial charge on any atom is -0.357 e. The number of hydrogen-bond donors (Lipinski definition) is 2. The number of guanidine groups is 1. The average molecular weight is 440 g/mol. The van der Waals surface area contributed by atoms with Crippen molar-refractivity contribution in [1.82, 2.24) is 30.3 Å². The molecule has 0 saturated carbocycles. The molecule has 0 atom stereocenters. The minimum absolute atomic E-state index is 0.0271. The lowest BCUT2D eigenvalue weighted by Crippen LogP contribution is -2.38. The molecule has 0 unspecified atom stereocenters. The van der Waals surface area contributed by atoms with Crippen LogP contribution in [0.15, 0.2) is 29.3 Å². The number of fused-ring (bicyclic) bond motifs is 1. The van der Waals surface area contributed by atoms with E-state index in [0.29, 0.717) is 0 Å². The normalized spacial score (nSPS) is 13.9. The first kappa shape index (κ1) is 23.8. The highest BCUT2D eigenvalue weighted by molar-refractivity contribution is 5.94. The molecule has 0 fully saturated rings. The maximum Gasteiger partial charge on any atom is 0.253 e. The summed E-state index contributed by atoms with van der Waals surface area (Å²) >= 11 is 0. The first-order valence-electron chi connectivity index (χ1n) is 11.8. The number of carbonyl (C=O) groups is 1. The molecule has 0 radical (unpaired) electrons. The zero-order chi connectivity index (χ0) is 22.8. The molecule has 2 N–H and O–H groups in total. The lowest BCUT2D eigenvalue weighted by Gasteiger charge is -2.13. The summed E-state index contributed by atoms with van der Waals surface area (Å²) in [6.45, 7) is 5.43. The van der Waals surface area contributed by atoms with Gasteiger partial charge in [0, 0.05) is 58.7 Å². The van der Waals surface area contributed by atoms with Gasteiger partial charge in [0.15, 0.2) is 5.96 Å². The van der Waals surface area contributed by atoms with E-state index in [1.807, 2.05) is 18.2 Å². The molecule has 2 aromatic rings. The van der Waals surface area contributed by atoms with E-state index in [0.717, 1.165) is 80.6 Å². The zero-order valence-electron chi connectivity index (χ0n) is 19.7. The minimum atomic E-state index is 0.0271.